The predicted molar refractivity (Wildman–Crippen MR) is 113 cm³/mol. The van der Waals surface area contributed by atoms with Crippen LogP contribution in [0.15, 0.2) is 30.9 Å². The summed E-state index contributed by atoms with van der Waals surface area (Å²) in [6, 6.07) is 4.45. The number of nitrogens with two attached hydrogens (primary N) is 2. The Balaban J connectivity index is 1.67. The van der Waals surface area contributed by atoms with Gasteiger partial charge in [-0.1, -0.05) is 12.6 Å². The number of nitrogens with zero attached hydrogens (tertiary/aromatic N) is 4. The average molecular weight is 428 g/mol. The summed E-state index contributed by atoms with van der Waals surface area (Å²) in [4.78, 5) is 27.8. The van der Waals surface area contributed by atoms with Crippen LogP contribution in [-0.4, -0.2) is 52.7 Å². The van der Waals surface area contributed by atoms with Crippen molar-refractivity contribution in [1.82, 2.24) is 14.7 Å². The summed E-state index contributed by atoms with van der Waals surface area (Å²) >= 11 is 0. The molecule has 0 aliphatic carbocycles. The lowest BCUT2D eigenvalue weighted by atomic mass is 10.1. The van der Waals surface area contributed by atoms with Crippen molar-refractivity contribution in [2.75, 3.05) is 30.8 Å². The summed E-state index contributed by atoms with van der Waals surface area (Å²) in [6.07, 6.45) is 2.27. The fourth-order valence-electron chi connectivity index (χ4n) is 4.38. The molecule has 2 aromatic rings. The molecule has 10 heteroatoms. The second kappa shape index (κ2) is 7.93. The molecule has 2 aliphatic heterocycles. The zero-order valence-corrected chi connectivity index (χ0v) is 17.3. The van der Waals surface area contributed by atoms with Crippen LogP contribution in [0.25, 0.3) is 0 Å². The molecule has 0 bridgehead atoms. The van der Waals surface area contributed by atoms with Crippen LogP contribution in [0, 0.1) is 5.82 Å². The highest BCUT2D eigenvalue weighted by atomic mass is 19.1. The number of hydrogen-bond donors (Lipinski definition) is 2. The number of benzene rings is 1. The number of anilines is 2. The zero-order chi connectivity index (χ0) is 22.3. The van der Waals surface area contributed by atoms with Gasteiger partial charge < -0.3 is 26.0 Å². The number of likely N-dealkylation sites (N-methyl/N-ethyl adjacent to an activating group) is 1. The highest BCUT2D eigenvalue weighted by Gasteiger charge is 2.35. The molecule has 1 unspecified atom stereocenters. The third-order valence-corrected chi connectivity index (χ3v) is 5.83. The molecule has 1 fully saturated rings. The Morgan fingerprint density at radius 1 is 1.42 bits per heavy atom. The van der Waals surface area contributed by atoms with Crippen molar-refractivity contribution in [1.29, 1.82) is 0 Å². The van der Waals surface area contributed by atoms with Gasteiger partial charge in [-0.05, 0) is 31.1 Å². The topological polar surface area (TPSA) is 120 Å². The van der Waals surface area contributed by atoms with Crippen LogP contribution in [0.5, 0.6) is 5.75 Å². The van der Waals surface area contributed by atoms with Crippen molar-refractivity contribution in [2.45, 2.75) is 31.5 Å². The number of carbonyl (C=O) groups is 2. The first-order chi connectivity index (χ1) is 14.8. The van der Waals surface area contributed by atoms with Crippen LogP contribution in [0.4, 0.5) is 15.9 Å². The zero-order valence-electron chi connectivity index (χ0n) is 17.3. The number of aromatic nitrogens is 2. The average Bonchev–Trinajstić information content (AvgIpc) is 3.32. The molecule has 1 aromatic heterocycles. The molecule has 0 saturated carbocycles. The number of hydrogen-bond acceptors (Lipinski definition) is 6. The molecule has 2 aliphatic rings. The molecule has 2 atom stereocenters. The van der Waals surface area contributed by atoms with Gasteiger partial charge in [0.1, 0.15) is 34.3 Å². The van der Waals surface area contributed by atoms with Crippen molar-refractivity contribution in [3.8, 4) is 5.75 Å². The van der Waals surface area contributed by atoms with Crippen molar-refractivity contribution < 1.29 is 18.7 Å². The molecule has 0 spiro atoms. The SMILES string of the molecule is C=CC(=O)N1CCC[C@H]1Cn1nc(C2CN(C)c3c(F)cccc3O2)c(C(N)=O)c1N. The maximum absolute atomic E-state index is 14.2. The van der Waals surface area contributed by atoms with Crippen molar-refractivity contribution in [3.05, 3.63) is 47.9 Å². The van der Waals surface area contributed by atoms with Gasteiger partial charge in [-0.25, -0.2) is 9.07 Å². The predicted octanol–water partition coefficient (Wildman–Crippen LogP) is 1.45. The molecule has 164 valence electrons. The van der Waals surface area contributed by atoms with Crippen LogP contribution < -0.4 is 21.1 Å². The molecule has 31 heavy (non-hydrogen) atoms. The quantitative estimate of drug-likeness (QED) is 0.696. The smallest absolute Gasteiger partial charge is 0.254 e. The summed E-state index contributed by atoms with van der Waals surface area (Å²) in [7, 11) is 1.74. The number of para-hydroxylation sites is 1. The Morgan fingerprint density at radius 3 is 2.90 bits per heavy atom. The highest BCUT2D eigenvalue weighted by molar-refractivity contribution is 5.98. The van der Waals surface area contributed by atoms with Gasteiger partial charge in [0.25, 0.3) is 5.91 Å². The summed E-state index contributed by atoms with van der Waals surface area (Å²) in [5, 5.41) is 4.55. The number of halogens is 1. The minimum atomic E-state index is -0.722. The molecule has 4 N–H and O–H groups in total. The van der Waals surface area contributed by atoms with Crippen LogP contribution in [0.3, 0.4) is 0 Å². The Kier molecular flexibility index (Phi) is 5.30. The first-order valence-corrected chi connectivity index (χ1v) is 10.1. The van der Waals surface area contributed by atoms with Gasteiger partial charge in [0.15, 0.2) is 6.10 Å². The summed E-state index contributed by atoms with van der Waals surface area (Å²) in [5.41, 5.74) is 12.6. The van der Waals surface area contributed by atoms with E-state index in [0.29, 0.717) is 30.2 Å². The molecule has 0 radical (unpaired) electrons. The van der Waals surface area contributed by atoms with E-state index in [1.165, 1.54) is 16.8 Å². The number of likely N-dealkylation sites (tertiary alicyclic amines) is 1. The van der Waals surface area contributed by atoms with Gasteiger partial charge in [-0.2, -0.15) is 5.10 Å². The van der Waals surface area contributed by atoms with E-state index in [1.54, 1.807) is 29.0 Å². The van der Waals surface area contributed by atoms with E-state index in [2.05, 4.69) is 11.7 Å². The van der Waals surface area contributed by atoms with E-state index >= 15 is 0 Å². The number of rotatable bonds is 5. The second-order valence-corrected chi connectivity index (χ2v) is 7.80. The molecule has 1 saturated heterocycles. The van der Waals surface area contributed by atoms with Gasteiger partial charge in [0.05, 0.1) is 19.1 Å². The van der Waals surface area contributed by atoms with Gasteiger partial charge in [0, 0.05) is 13.6 Å². The Hall–Kier alpha value is -3.56. The highest BCUT2D eigenvalue weighted by Crippen LogP contribution is 2.40. The number of carbonyl (C=O) groups excluding carboxylic acids is 2. The first-order valence-electron chi connectivity index (χ1n) is 10.1. The number of fused-ring (bicyclic) bond motifs is 1. The third kappa shape index (κ3) is 3.58. The van der Waals surface area contributed by atoms with Crippen molar-refractivity contribution in [2.24, 2.45) is 5.73 Å². The summed E-state index contributed by atoms with van der Waals surface area (Å²) in [6.45, 7) is 4.76. The molecule has 9 nitrogen and oxygen atoms in total. The lowest BCUT2D eigenvalue weighted by Gasteiger charge is -2.33. The largest absolute Gasteiger partial charge is 0.480 e. The lowest BCUT2D eigenvalue weighted by Crippen LogP contribution is -2.37. The third-order valence-electron chi connectivity index (χ3n) is 5.83. The Morgan fingerprint density at radius 2 is 2.19 bits per heavy atom. The number of amides is 2. The van der Waals surface area contributed by atoms with Crippen LogP contribution in [-0.2, 0) is 11.3 Å². The Labute approximate surface area is 179 Å². The Bertz CT molecular complexity index is 1050. The molecule has 2 amide bonds. The van der Waals surface area contributed by atoms with Crippen LogP contribution in [0.2, 0.25) is 0 Å². The maximum atomic E-state index is 14.2. The lowest BCUT2D eigenvalue weighted by molar-refractivity contribution is -0.127. The van der Waals surface area contributed by atoms with E-state index in [0.717, 1.165) is 12.8 Å². The fourth-order valence-corrected chi connectivity index (χ4v) is 4.38. The normalized spacial score (nSPS) is 20.3. The second-order valence-electron chi connectivity index (χ2n) is 7.80. The van der Waals surface area contributed by atoms with Gasteiger partial charge in [0.2, 0.25) is 5.91 Å². The van der Waals surface area contributed by atoms with E-state index in [-0.39, 0.29) is 29.9 Å². The van der Waals surface area contributed by atoms with Crippen molar-refractivity contribution in [3.63, 3.8) is 0 Å². The van der Waals surface area contributed by atoms with Crippen LogP contribution in [0.1, 0.15) is 35.0 Å². The minimum Gasteiger partial charge on any atom is -0.480 e. The van der Waals surface area contributed by atoms with E-state index in [1.807, 2.05) is 0 Å². The molecular formula is C21H25FN6O3. The minimum absolute atomic E-state index is 0.0813. The van der Waals surface area contributed by atoms with Gasteiger partial charge in [-0.15, -0.1) is 0 Å². The molecular weight excluding hydrogens is 403 g/mol. The van der Waals surface area contributed by atoms with Crippen molar-refractivity contribution >= 4 is 23.3 Å². The van der Waals surface area contributed by atoms with Crippen LogP contribution >= 0.6 is 0 Å². The molecule has 1 aromatic carbocycles. The first kappa shape index (κ1) is 20.7. The van der Waals surface area contributed by atoms with Gasteiger partial charge >= 0.3 is 0 Å². The number of nitrogen functional groups attached to an aromatic ring is 1. The molecule has 4 rings (SSSR count). The fraction of sp³-hybridized carbons (Fsp3) is 0.381. The summed E-state index contributed by atoms with van der Waals surface area (Å²) in [5.74, 6) is -0.802. The number of ether oxygens (including phenoxy) is 1. The van der Waals surface area contributed by atoms with Gasteiger partial charge in [-0.3, -0.25) is 9.59 Å². The molecule has 3 heterocycles. The van der Waals surface area contributed by atoms with E-state index in [4.69, 9.17) is 16.2 Å². The monoisotopic (exact) mass is 428 g/mol. The maximum Gasteiger partial charge on any atom is 0.254 e. The van der Waals surface area contributed by atoms with E-state index in [9.17, 15) is 14.0 Å². The van der Waals surface area contributed by atoms with E-state index < -0.39 is 17.8 Å². The summed E-state index contributed by atoms with van der Waals surface area (Å²) < 4.78 is 21.7. The number of primary amides is 1. The standard InChI is InChI=1S/C21H25FN6O3/c1-3-16(29)27-9-5-6-12(27)10-28-20(23)17(21(24)30)18(25-28)15-11-26(2)19-13(22)7-4-8-14(19)31-15/h3-4,7-8,12,15H,1,5-6,9-11,23H2,2H3,(H2,24,30)/t12-,15?/m0/s1.